The van der Waals surface area contributed by atoms with Crippen LogP contribution in [-0.4, -0.2) is 20.5 Å². The van der Waals surface area contributed by atoms with E-state index in [-0.39, 0.29) is 5.54 Å². The van der Waals surface area contributed by atoms with Gasteiger partial charge in [0.1, 0.15) is 10.7 Å². The minimum absolute atomic E-state index is 0.189. The first kappa shape index (κ1) is 11.3. The number of nitrogens with one attached hydrogen (secondary N) is 1. The molecule has 0 atom stereocenters. The molecule has 1 aliphatic rings. The lowest BCUT2D eigenvalue weighted by molar-refractivity contribution is 0.268. The molecule has 1 saturated carbocycles. The Bertz CT molecular complexity index is 395. The van der Waals surface area contributed by atoms with Gasteiger partial charge < -0.3 is 11.1 Å². The van der Waals surface area contributed by atoms with E-state index in [0.717, 1.165) is 6.42 Å². The van der Waals surface area contributed by atoms with Crippen LogP contribution < -0.4 is 11.1 Å². The normalized spacial score (nSPS) is 17.6. The van der Waals surface area contributed by atoms with Crippen molar-refractivity contribution in [2.45, 2.75) is 38.1 Å². The van der Waals surface area contributed by atoms with Gasteiger partial charge in [0.25, 0.3) is 0 Å². The maximum atomic E-state index is 5.54. The van der Waals surface area contributed by atoms with Crippen molar-refractivity contribution in [1.82, 2.24) is 9.97 Å². The molecule has 4 nitrogen and oxygen atoms in total. The zero-order valence-corrected chi connectivity index (χ0v) is 10.2. The zero-order valence-electron chi connectivity index (χ0n) is 9.36. The molecule has 0 saturated heterocycles. The highest BCUT2D eigenvalue weighted by molar-refractivity contribution is 7.80. The largest absolute Gasteiger partial charge is 0.388 e. The molecule has 5 heteroatoms. The number of nitrogens with two attached hydrogens (primary N) is 1. The van der Waals surface area contributed by atoms with Crippen molar-refractivity contribution in [2.24, 2.45) is 5.73 Å². The van der Waals surface area contributed by atoms with Gasteiger partial charge in [0.15, 0.2) is 0 Å². The van der Waals surface area contributed by atoms with Crippen molar-refractivity contribution < 1.29 is 0 Å². The molecule has 0 unspecified atom stereocenters. The Morgan fingerprint density at radius 2 is 2.38 bits per heavy atom. The molecule has 0 spiro atoms. The molecule has 16 heavy (non-hydrogen) atoms. The van der Waals surface area contributed by atoms with Crippen molar-refractivity contribution in [2.75, 3.05) is 5.32 Å². The van der Waals surface area contributed by atoms with E-state index in [2.05, 4.69) is 22.2 Å². The van der Waals surface area contributed by atoms with Crippen molar-refractivity contribution in [3.63, 3.8) is 0 Å². The molecular formula is C11H16N4S. The second-order valence-corrected chi connectivity index (χ2v) is 4.68. The van der Waals surface area contributed by atoms with Gasteiger partial charge in [0, 0.05) is 11.7 Å². The van der Waals surface area contributed by atoms with Crippen molar-refractivity contribution in [3.05, 3.63) is 18.0 Å². The maximum absolute atomic E-state index is 5.54. The van der Waals surface area contributed by atoms with Crippen LogP contribution in [0.4, 0.5) is 5.95 Å². The van der Waals surface area contributed by atoms with Crippen LogP contribution in [0.2, 0.25) is 0 Å². The topological polar surface area (TPSA) is 63.8 Å². The average Bonchev–Trinajstić information content (AvgIpc) is 2.24. The highest BCUT2D eigenvalue weighted by Crippen LogP contribution is 2.37. The van der Waals surface area contributed by atoms with E-state index in [0.29, 0.717) is 16.6 Å². The van der Waals surface area contributed by atoms with E-state index in [1.54, 1.807) is 12.3 Å². The smallest absolute Gasteiger partial charge is 0.223 e. The fraction of sp³-hybridized carbons (Fsp3) is 0.545. The van der Waals surface area contributed by atoms with Gasteiger partial charge in [-0.05, 0) is 31.7 Å². The summed E-state index contributed by atoms with van der Waals surface area (Å²) >= 11 is 4.89. The van der Waals surface area contributed by atoms with Gasteiger partial charge in [-0.25, -0.2) is 9.97 Å². The summed E-state index contributed by atoms with van der Waals surface area (Å²) in [5.41, 5.74) is 6.35. The summed E-state index contributed by atoms with van der Waals surface area (Å²) in [6, 6.07) is 1.73. The van der Waals surface area contributed by atoms with Crippen molar-refractivity contribution >= 4 is 23.2 Å². The minimum atomic E-state index is 0.189. The summed E-state index contributed by atoms with van der Waals surface area (Å²) in [5.74, 6) is 0.631. The lowest BCUT2D eigenvalue weighted by Gasteiger charge is -2.42. The molecule has 1 heterocycles. The highest BCUT2D eigenvalue weighted by Gasteiger charge is 2.35. The Morgan fingerprint density at radius 3 is 2.88 bits per heavy atom. The van der Waals surface area contributed by atoms with Crippen LogP contribution in [0, 0.1) is 0 Å². The van der Waals surface area contributed by atoms with Crippen LogP contribution in [0.5, 0.6) is 0 Å². The molecule has 0 aliphatic heterocycles. The molecule has 0 bridgehead atoms. The predicted octanol–water partition coefficient (Wildman–Crippen LogP) is 1.86. The van der Waals surface area contributed by atoms with Gasteiger partial charge in [-0.3, -0.25) is 0 Å². The summed E-state index contributed by atoms with van der Waals surface area (Å²) in [4.78, 5) is 8.81. The summed E-state index contributed by atoms with van der Waals surface area (Å²) in [7, 11) is 0. The molecule has 1 aromatic heterocycles. The average molecular weight is 236 g/mol. The second kappa shape index (κ2) is 4.33. The number of hydrogen-bond donors (Lipinski definition) is 2. The van der Waals surface area contributed by atoms with Gasteiger partial charge in [0.2, 0.25) is 5.95 Å². The van der Waals surface area contributed by atoms with Crippen molar-refractivity contribution in [3.8, 4) is 0 Å². The Balaban J connectivity index is 2.15. The number of nitrogens with zero attached hydrogens (tertiary/aromatic N) is 2. The Kier molecular flexibility index (Phi) is 3.05. The Morgan fingerprint density at radius 1 is 1.62 bits per heavy atom. The molecule has 0 aromatic carbocycles. The van der Waals surface area contributed by atoms with Crippen LogP contribution in [0.15, 0.2) is 12.3 Å². The first-order chi connectivity index (χ1) is 7.65. The fourth-order valence-corrected chi connectivity index (χ4v) is 2.08. The van der Waals surface area contributed by atoms with E-state index in [1.807, 2.05) is 0 Å². The molecule has 3 N–H and O–H groups in total. The molecule has 0 amide bonds. The molecule has 1 fully saturated rings. The number of rotatable bonds is 4. The third kappa shape index (κ3) is 2.14. The van der Waals surface area contributed by atoms with Crippen LogP contribution in [0.3, 0.4) is 0 Å². The van der Waals surface area contributed by atoms with E-state index < -0.39 is 0 Å². The number of thiocarbonyl (C=S) groups is 1. The number of hydrogen-bond acceptors (Lipinski definition) is 4. The van der Waals surface area contributed by atoms with Gasteiger partial charge >= 0.3 is 0 Å². The van der Waals surface area contributed by atoms with E-state index in [4.69, 9.17) is 18.0 Å². The van der Waals surface area contributed by atoms with E-state index >= 15 is 0 Å². The first-order valence-electron chi connectivity index (χ1n) is 5.56. The summed E-state index contributed by atoms with van der Waals surface area (Å²) in [5, 5.41) is 3.40. The van der Waals surface area contributed by atoms with Gasteiger partial charge in [-0.1, -0.05) is 19.1 Å². The summed E-state index contributed by atoms with van der Waals surface area (Å²) in [6.07, 6.45) is 6.42. The predicted molar refractivity (Wildman–Crippen MR) is 68.4 cm³/mol. The minimum Gasteiger partial charge on any atom is -0.388 e. The van der Waals surface area contributed by atoms with Gasteiger partial charge in [0.05, 0.1) is 0 Å². The zero-order chi connectivity index (χ0) is 11.6. The lowest BCUT2D eigenvalue weighted by atomic mass is 9.75. The van der Waals surface area contributed by atoms with Crippen LogP contribution in [0.1, 0.15) is 38.3 Å². The summed E-state index contributed by atoms with van der Waals surface area (Å²) in [6.45, 7) is 2.18. The fourth-order valence-electron chi connectivity index (χ4n) is 1.96. The SMILES string of the molecule is CCC1(Nc2nccc(C(N)=S)n2)CCC1. The van der Waals surface area contributed by atoms with E-state index in [1.165, 1.54) is 19.3 Å². The summed E-state index contributed by atoms with van der Waals surface area (Å²) < 4.78 is 0. The second-order valence-electron chi connectivity index (χ2n) is 4.24. The van der Waals surface area contributed by atoms with Gasteiger partial charge in [-0.15, -0.1) is 0 Å². The monoisotopic (exact) mass is 236 g/mol. The molecule has 0 radical (unpaired) electrons. The third-order valence-corrected chi connectivity index (χ3v) is 3.48. The molecule has 2 rings (SSSR count). The molecule has 1 aliphatic carbocycles. The van der Waals surface area contributed by atoms with Gasteiger partial charge in [-0.2, -0.15) is 0 Å². The number of anilines is 1. The van der Waals surface area contributed by atoms with Crippen molar-refractivity contribution in [1.29, 1.82) is 0 Å². The van der Waals surface area contributed by atoms with E-state index in [9.17, 15) is 0 Å². The standard InChI is InChI=1S/C11H16N4S/c1-2-11(5-3-6-11)15-10-13-7-4-8(14-10)9(12)16/h4,7H,2-3,5-6H2,1H3,(H2,12,16)(H,13,14,15). The lowest BCUT2D eigenvalue weighted by Crippen LogP contribution is -2.44. The Labute approximate surface area is 101 Å². The van der Waals surface area contributed by atoms with Crippen LogP contribution >= 0.6 is 12.2 Å². The van der Waals surface area contributed by atoms with Crippen LogP contribution in [0.25, 0.3) is 0 Å². The maximum Gasteiger partial charge on any atom is 0.223 e. The van der Waals surface area contributed by atoms with Crippen LogP contribution in [-0.2, 0) is 0 Å². The highest BCUT2D eigenvalue weighted by atomic mass is 32.1. The first-order valence-corrected chi connectivity index (χ1v) is 5.97. The molecular weight excluding hydrogens is 220 g/mol. The third-order valence-electron chi connectivity index (χ3n) is 3.27. The Hall–Kier alpha value is -1.23. The molecule has 86 valence electrons. The molecule has 1 aromatic rings. The quantitative estimate of drug-likeness (QED) is 0.781. The number of aromatic nitrogens is 2.